The van der Waals surface area contributed by atoms with E-state index in [1.165, 1.54) is 37.7 Å². The van der Waals surface area contributed by atoms with E-state index in [2.05, 4.69) is 27.7 Å². The first-order valence-corrected chi connectivity index (χ1v) is 17.5. The second kappa shape index (κ2) is 15.3. The van der Waals surface area contributed by atoms with Crippen molar-refractivity contribution in [2.75, 3.05) is 6.61 Å². The molecule has 0 amide bonds. The van der Waals surface area contributed by atoms with E-state index in [1.807, 2.05) is 32.9 Å². The van der Waals surface area contributed by atoms with Crippen LogP contribution < -0.4 is 0 Å². The second-order valence-electron chi connectivity index (χ2n) is 15.2. The summed E-state index contributed by atoms with van der Waals surface area (Å²) in [5.74, 6) is 3.35. The Bertz CT molecular complexity index is 1110. The van der Waals surface area contributed by atoms with E-state index in [1.54, 1.807) is 26.0 Å². The van der Waals surface area contributed by atoms with Gasteiger partial charge in [0.2, 0.25) is 6.10 Å². The Morgan fingerprint density at radius 3 is 1.82 bits per heavy atom. The van der Waals surface area contributed by atoms with Crippen LogP contribution in [0.5, 0.6) is 5.75 Å². The van der Waals surface area contributed by atoms with E-state index in [0.717, 1.165) is 31.1 Å². The zero-order valence-corrected chi connectivity index (χ0v) is 29.4. The van der Waals surface area contributed by atoms with Gasteiger partial charge in [-0.25, -0.2) is 4.79 Å². The van der Waals surface area contributed by atoms with Crippen molar-refractivity contribution in [2.24, 2.45) is 34.5 Å². The number of phenolic OH excluding ortho intramolecular Hbond substituents is 1. The lowest BCUT2D eigenvalue weighted by molar-refractivity contribution is -0.218. The van der Waals surface area contributed by atoms with Gasteiger partial charge in [-0.3, -0.25) is 9.59 Å². The fourth-order valence-electron chi connectivity index (χ4n) is 7.31. The molecule has 7 nitrogen and oxygen atoms in total. The van der Waals surface area contributed by atoms with Crippen LogP contribution in [-0.4, -0.2) is 41.3 Å². The topological polar surface area (TPSA) is 99.1 Å². The average Bonchev–Trinajstić information content (AvgIpc) is 3.42. The van der Waals surface area contributed by atoms with Crippen molar-refractivity contribution in [2.45, 2.75) is 144 Å². The molecule has 0 spiro atoms. The van der Waals surface area contributed by atoms with Gasteiger partial charge in [-0.2, -0.15) is 0 Å². The lowest BCUT2D eigenvalue weighted by Gasteiger charge is -2.60. The van der Waals surface area contributed by atoms with E-state index >= 15 is 0 Å². The van der Waals surface area contributed by atoms with Gasteiger partial charge in [-0.05, 0) is 133 Å². The molecule has 1 heterocycles. The number of hydrogen-bond acceptors (Lipinski definition) is 7. The van der Waals surface area contributed by atoms with Gasteiger partial charge in [-0.1, -0.05) is 46.8 Å². The summed E-state index contributed by atoms with van der Waals surface area (Å²) < 4.78 is 16.0. The first-order valence-electron chi connectivity index (χ1n) is 17.5. The van der Waals surface area contributed by atoms with Gasteiger partial charge in [0.05, 0.1) is 17.4 Å². The summed E-state index contributed by atoms with van der Waals surface area (Å²) in [4.78, 5) is 35.2. The molecule has 45 heavy (non-hydrogen) atoms. The number of esters is 3. The largest absolute Gasteiger partial charge is 0.508 e. The Morgan fingerprint density at radius 1 is 0.889 bits per heavy atom. The van der Waals surface area contributed by atoms with Gasteiger partial charge in [0, 0.05) is 6.42 Å². The van der Waals surface area contributed by atoms with E-state index in [0.29, 0.717) is 43.0 Å². The summed E-state index contributed by atoms with van der Waals surface area (Å²) in [6.45, 7) is 18.6. The summed E-state index contributed by atoms with van der Waals surface area (Å²) in [6, 6.07) is 7.43. The van der Waals surface area contributed by atoms with Crippen LogP contribution in [0.2, 0.25) is 0 Å². The minimum atomic E-state index is -0.687. The van der Waals surface area contributed by atoms with E-state index in [4.69, 9.17) is 19.3 Å². The molecule has 2 unspecified atom stereocenters. The Labute approximate surface area is 272 Å². The summed E-state index contributed by atoms with van der Waals surface area (Å²) in [7, 11) is 0. The molecular weight excluding hydrogens is 568 g/mol. The van der Waals surface area contributed by atoms with E-state index < -0.39 is 17.5 Å². The van der Waals surface area contributed by atoms with Crippen LogP contribution in [0.4, 0.5) is 0 Å². The fraction of sp³-hybridized carbons (Fsp3) is 0.763. The fourth-order valence-corrected chi connectivity index (χ4v) is 7.31. The highest BCUT2D eigenvalue weighted by Crippen LogP contribution is 2.61. The number of benzene rings is 1. The SMILES string of the molecule is CCC(C)(C)C(=O)OC1(CC)C2CC3CC(C2)CC1C3.CCC(C)(C)C(=O)OC1CCOC1=O.CCC(C)c1ccc(O)cc1. The van der Waals surface area contributed by atoms with Crippen LogP contribution in [0.15, 0.2) is 24.3 Å². The summed E-state index contributed by atoms with van der Waals surface area (Å²) in [6.07, 6.45) is 10.2. The number of phenols is 1. The van der Waals surface area contributed by atoms with Gasteiger partial charge in [-0.15, -0.1) is 0 Å². The predicted octanol–water partition coefficient (Wildman–Crippen LogP) is 8.76. The molecule has 6 rings (SSSR count). The Morgan fingerprint density at radius 2 is 1.40 bits per heavy atom. The standard InChI is InChI=1S/C18H30O2.C10H16O4.C10H14O/c1-5-17(3,4)16(19)20-18(6-2)14-8-12-7-13(10-14)11-15(18)9-12;1-4-10(2,3)9(12)14-7-5-6-13-8(7)11;1-3-8(2)9-4-6-10(11)7-5-9/h12-15H,5-11H2,1-4H3;7H,4-6H2,1-3H3;4-8,11H,3H2,1-2H3. The molecule has 1 aromatic carbocycles. The molecule has 4 saturated carbocycles. The Kier molecular flexibility index (Phi) is 12.6. The molecule has 1 saturated heterocycles. The maximum Gasteiger partial charge on any atom is 0.347 e. The van der Waals surface area contributed by atoms with E-state index in [-0.39, 0.29) is 23.0 Å². The predicted molar refractivity (Wildman–Crippen MR) is 177 cm³/mol. The highest BCUT2D eigenvalue weighted by molar-refractivity contribution is 5.82. The Hall–Kier alpha value is -2.57. The van der Waals surface area contributed by atoms with Crippen LogP contribution in [-0.2, 0) is 28.6 Å². The maximum absolute atomic E-state index is 12.6. The minimum Gasteiger partial charge on any atom is -0.508 e. The van der Waals surface area contributed by atoms with Crippen LogP contribution in [0.1, 0.15) is 138 Å². The zero-order chi connectivity index (χ0) is 33.6. The normalized spacial score (nSPS) is 29.0. The number of ether oxygens (including phenoxy) is 3. The second-order valence-corrected chi connectivity index (χ2v) is 15.2. The number of carbonyl (C=O) groups is 3. The van der Waals surface area contributed by atoms with Crippen molar-refractivity contribution in [3.8, 4) is 5.75 Å². The molecule has 4 bridgehead atoms. The zero-order valence-electron chi connectivity index (χ0n) is 29.4. The third kappa shape index (κ3) is 8.83. The lowest BCUT2D eigenvalue weighted by Crippen LogP contribution is -2.60. The molecule has 254 valence electrons. The molecule has 5 fully saturated rings. The monoisotopic (exact) mass is 628 g/mol. The van der Waals surface area contributed by atoms with Crippen LogP contribution in [0.25, 0.3) is 0 Å². The highest BCUT2D eigenvalue weighted by Gasteiger charge is 2.59. The third-order valence-corrected chi connectivity index (χ3v) is 11.4. The average molecular weight is 629 g/mol. The third-order valence-electron chi connectivity index (χ3n) is 11.4. The van der Waals surface area contributed by atoms with Crippen molar-refractivity contribution in [3.05, 3.63) is 29.8 Å². The molecule has 1 aromatic rings. The van der Waals surface area contributed by atoms with Gasteiger partial charge >= 0.3 is 17.9 Å². The van der Waals surface area contributed by atoms with Crippen LogP contribution >= 0.6 is 0 Å². The number of rotatable bonds is 9. The summed E-state index contributed by atoms with van der Waals surface area (Å²) in [5, 5.41) is 9.01. The molecule has 0 radical (unpaired) electrons. The van der Waals surface area contributed by atoms with Crippen LogP contribution in [0, 0.1) is 34.5 Å². The summed E-state index contributed by atoms with van der Waals surface area (Å²) >= 11 is 0. The van der Waals surface area contributed by atoms with Crippen molar-refractivity contribution in [3.63, 3.8) is 0 Å². The van der Waals surface area contributed by atoms with Gasteiger partial charge in [0.1, 0.15) is 11.4 Å². The lowest BCUT2D eigenvalue weighted by atomic mass is 9.49. The van der Waals surface area contributed by atoms with Gasteiger partial charge < -0.3 is 19.3 Å². The first kappa shape index (κ1) is 36.9. The molecule has 1 aliphatic heterocycles. The number of cyclic esters (lactones) is 1. The van der Waals surface area contributed by atoms with Gasteiger partial charge in [0.15, 0.2) is 0 Å². The molecule has 4 aliphatic carbocycles. The smallest absolute Gasteiger partial charge is 0.347 e. The molecule has 2 atom stereocenters. The van der Waals surface area contributed by atoms with Crippen LogP contribution in [0.3, 0.4) is 0 Å². The number of carbonyl (C=O) groups excluding carboxylic acids is 3. The van der Waals surface area contributed by atoms with Gasteiger partial charge in [0.25, 0.3) is 0 Å². The van der Waals surface area contributed by atoms with E-state index in [9.17, 15) is 14.4 Å². The quantitative estimate of drug-likeness (QED) is 0.216. The molecule has 5 aliphatic rings. The molecule has 0 aromatic heterocycles. The number of hydrogen-bond donors (Lipinski definition) is 1. The first-order chi connectivity index (χ1) is 21.1. The molecule has 1 N–H and O–H groups in total. The van der Waals surface area contributed by atoms with Crippen molar-refractivity contribution >= 4 is 17.9 Å². The highest BCUT2D eigenvalue weighted by atomic mass is 16.6. The number of aromatic hydroxyl groups is 1. The van der Waals surface area contributed by atoms with Crippen molar-refractivity contribution in [1.29, 1.82) is 0 Å². The maximum atomic E-state index is 12.6. The van der Waals surface area contributed by atoms with Crippen molar-refractivity contribution in [1.82, 2.24) is 0 Å². The molecular formula is C38H60O7. The molecule has 7 heteroatoms. The minimum absolute atomic E-state index is 0.0364. The Balaban J connectivity index is 0.000000194. The summed E-state index contributed by atoms with van der Waals surface area (Å²) in [5.41, 5.74) is 0.307. The van der Waals surface area contributed by atoms with Crippen molar-refractivity contribution < 1.29 is 33.7 Å².